The zero-order valence-corrected chi connectivity index (χ0v) is 13.8. The molecule has 1 aliphatic carbocycles. The van der Waals surface area contributed by atoms with Gasteiger partial charge in [0, 0.05) is 30.1 Å². The Bertz CT molecular complexity index is 682. The highest BCUT2D eigenvalue weighted by molar-refractivity contribution is 7.92. The number of aromatic nitrogens is 1. The van der Waals surface area contributed by atoms with Gasteiger partial charge in [0.05, 0.1) is 0 Å². The van der Waals surface area contributed by atoms with Crippen molar-refractivity contribution in [3.63, 3.8) is 0 Å². The molecule has 0 spiro atoms. The van der Waals surface area contributed by atoms with Gasteiger partial charge in [0.2, 0.25) is 10.0 Å². The zero-order chi connectivity index (χ0) is 16.6. The molecule has 1 amide bonds. The number of hydrogen-bond donors (Lipinski definition) is 1. The number of rotatable bonds is 5. The first-order valence-electron chi connectivity index (χ1n) is 7.78. The average Bonchev–Trinajstić information content (AvgIpc) is 3.20. The van der Waals surface area contributed by atoms with Crippen molar-refractivity contribution >= 4 is 15.9 Å². The summed E-state index contributed by atoms with van der Waals surface area (Å²) >= 11 is 0. The highest BCUT2D eigenvalue weighted by atomic mass is 32.2. The molecule has 1 aromatic heterocycles. The van der Waals surface area contributed by atoms with Crippen molar-refractivity contribution in [2.45, 2.75) is 38.3 Å². The Morgan fingerprint density at radius 3 is 2.83 bits per heavy atom. The molecule has 126 valence electrons. The van der Waals surface area contributed by atoms with Gasteiger partial charge in [-0.25, -0.2) is 8.42 Å². The molecule has 1 saturated heterocycles. The van der Waals surface area contributed by atoms with E-state index in [0.29, 0.717) is 18.9 Å². The number of nitrogens with zero attached hydrogens (tertiary/aromatic N) is 2. The monoisotopic (exact) mass is 339 g/mol. The molecule has 0 radical (unpaired) electrons. The van der Waals surface area contributed by atoms with E-state index in [-0.39, 0.29) is 29.6 Å². The molecule has 0 bridgehead atoms. The van der Waals surface area contributed by atoms with E-state index in [1.807, 2.05) is 6.92 Å². The van der Waals surface area contributed by atoms with Gasteiger partial charge < -0.3 is 9.84 Å². The molecule has 1 unspecified atom stereocenters. The van der Waals surface area contributed by atoms with Crippen LogP contribution in [0.2, 0.25) is 0 Å². The number of nitrogens with one attached hydrogen (secondary N) is 1. The summed E-state index contributed by atoms with van der Waals surface area (Å²) < 4.78 is 30.5. The predicted octanol–water partition coefficient (Wildman–Crippen LogP) is 1.37. The molecular formula is C15H21N3O4S. The molecule has 3 atom stereocenters. The summed E-state index contributed by atoms with van der Waals surface area (Å²) in [6.45, 7) is 5.69. The summed E-state index contributed by atoms with van der Waals surface area (Å²) in [6, 6.07) is 1.27. The van der Waals surface area contributed by atoms with E-state index < -0.39 is 10.0 Å². The zero-order valence-electron chi connectivity index (χ0n) is 13.0. The number of sulfonamides is 1. The fraction of sp³-hybridized carbons (Fsp3) is 0.600. The average molecular weight is 339 g/mol. The predicted molar refractivity (Wildman–Crippen MR) is 83.9 cm³/mol. The maximum Gasteiger partial charge on any atom is 0.273 e. The fourth-order valence-corrected chi connectivity index (χ4v) is 4.52. The lowest BCUT2D eigenvalue weighted by atomic mass is 9.86. The highest BCUT2D eigenvalue weighted by Crippen LogP contribution is 2.42. The number of amides is 1. The molecule has 23 heavy (non-hydrogen) atoms. The van der Waals surface area contributed by atoms with Crippen LogP contribution in [0.15, 0.2) is 28.8 Å². The van der Waals surface area contributed by atoms with Gasteiger partial charge in [0.1, 0.15) is 6.26 Å². The molecule has 1 N–H and O–H groups in total. The van der Waals surface area contributed by atoms with E-state index in [1.165, 1.54) is 16.6 Å². The van der Waals surface area contributed by atoms with Crippen molar-refractivity contribution in [1.82, 2.24) is 14.8 Å². The van der Waals surface area contributed by atoms with Crippen molar-refractivity contribution in [3.05, 3.63) is 30.0 Å². The first-order chi connectivity index (χ1) is 10.9. The summed E-state index contributed by atoms with van der Waals surface area (Å²) in [5.74, 6) is 0.311. The lowest BCUT2D eigenvalue weighted by Crippen LogP contribution is -2.56. The Labute approximate surface area is 135 Å². The fourth-order valence-electron chi connectivity index (χ4n) is 3.37. The summed E-state index contributed by atoms with van der Waals surface area (Å²) in [5.41, 5.74) is 0.244. The maximum absolute atomic E-state index is 12.2. The van der Waals surface area contributed by atoms with E-state index in [9.17, 15) is 13.2 Å². The number of hydrogen-bond acceptors (Lipinski definition) is 5. The number of carbonyl (C=O) groups excluding carboxylic acids is 1. The summed E-state index contributed by atoms with van der Waals surface area (Å²) in [5, 5.41) is 7.65. The smallest absolute Gasteiger partial charge is 0.273 e. The molecule has 0 aromatic carbocycles. The van der Waals surface area contributed by atoms with Gasteiger partial charge in [-0.15, -0.1) is 0 Å². The Kier molecular flexibility index (Phi) is 4.29. The van der Waals surface area contributed by atoms with Crippen LogP contribution >= 0.6 is 0 Å². The van der Waals surface area contributed by atoms with Gasteiger partial charge in [-0.05, 0) is 38.0 Å². The van der Waals surface area contributed by atoms with Crippen molar-refractivity contribution in [1.29, 1.82) is 0 Å². The number of piperidine rings is 1. The largest absolute Gasteiger partial charge is 0.364 e. The summed E-state index contributed by atoms with van der Waals surface area (Å²) in [4.78, 5) is 12.2. The lowest BCUT2D eigenvalue weighted by molar-refractivity contribution is 0.0845. The Morgan fingerprint density at radius 2 is 2.26 bits per heavy atom. The minimum atomic E-state index is -3.45. The van der Waals surface area contributed by atoms with Crippen LogP contribution in [0, 0.1) is 11.8 Å². The minimum absolute atomic E-state index is 0.0574. The molecule has 2 heterocycles. The van der Waals surface area contributed by atoms with Gasteiger partial charge >= 0.3 is 0 Å². The summed E-state index contributed by atoms with van der Waals surface area (Å²) in [6.07, 6.45) is 4.10. The third kappa shape index (κ3) is 3.32. The van der Waals surface area contributed by atoms with Crippen molar-refractivity contribution in [3.8, 4) is 0 Å². The maximum atomic E-state index is 12.2. The molecule has 1 saturated carbocycles. The van der Waals surface area contributed by atoms with Crippen LogP contribution in [0.25, 0.3) is 0 Å². The Morgan fingerprint density at radius 1 is 1.52 bits per heavy atom. The quantitative estimate of drug-likeness (QED) is 0.874. The van der Waals surface area contributed by atoms with Gasteiger partial charge in [0.15, 0.2) is 5.69 Å². The molecule has 1 aliphatic heterocycles. The molecule has 7 nitrogen and oxygen atoms in total. The topological polar surface area (TPSA) is 92.5 Å². The Balaban J connectivity index is 1.76. The molecule has 2 fully saturated rings. The van der Waals surface area contributed by atoms with E-state index in [1.54, 1.807) is 0 Å². The second-order valence-electron chi connectivity index (χ2n) is 6.33. The minimum Gasteiger partial charge on any atom is -0.364 e. The van der Waals surface area contributed by atoms with Crippen molar-refractivity contribution in [2.24, 2.45) is 11.8 Å². The van der Waals surface area contributed by atoms with Gasteiger partial charge in [-0.2, -0.15) is 4.31 Å². The van der Waals surface area contributed by atoms with Crippen LogP contribution in [0.3, 0.4) is 0 Å². The lowest BCUT2D eigenvalue weighted by Gasteiger charge is -2.42. The molecule has 1 aromatic rings. The van der Waals surface area contributed by atoms with Crippen LogP contribution in [-0.4, -0.2) is 42.4 Å². The first-order valence-corrected chi connectivity index (χ1v) is 9.28. The van der Waals surface area contributed by atoms with Crippen LogP contribution in [0.4, 0.5) is 0 Å². The van der Waals surface area contributed by atoms with Gasteiger partial charge in [0.25, 0.3) is 5.91 Å². The van der Waals surface area contributed by atoms with Crippen LogP contribution in [0.1, 0.15) is 36.7 Å². The highest BCUT2D eigenvalue weighted by Gasteiger charge is 2.45. The molecule has 8 heteroatoms. The molecule has 2 aliphatic rings. The van der Waals surface area contributed by atoms with E-state index in [4.69, 9.17) is 4.52 Å². The van der Waals surface area contributed by atoms with Gasteiger partial charge in [-0.1, -0.05) is 11.7 Å². The summed E-state index contributed by atoms with van der Waals surface area (Å²) in [7, 11) is -3.45. The molecular weight excluding hydrogens is 318 g/mol. The third-order valence-electron chi connectivity index (χ3n) is 4.75. The van der Waals surface area contributed by atoms with Crippen LogP contribution < -0.4 is 5.32 Å². The third-order valence-corrected chi connectivity index (χ3v) is 6.33. The van der Waals surface area contributed by atoms with E-state index >= 15 is 0 Å². The normalized spacial score (nSPS) is 29.2. The van der Waals surface area contributed by atoms with Crippen molar-refractivity contribution in [2.75, 3.05) is 6.54 Å². The van der Waals surface area contributed by atoms with Crippen LogP contribution in [0.5, 0.6) is 0 Å². The first kappa shape index (κ1) is 16.2. The van der Waals surface area contributed by atoms with E-state index in [2.05, 4.69) is 17.1 Å². The SMILES string of the molecule is C=CS(=O)(=O)N1CC(C2CC2)[C@H](NC(=O)c2ccon2)C[C@H]1C. The van der Waals surface area contributed by atoms with Gasteiger partial charge in [-0.3, -0.25) is 4.79 Å². The van der Waals surface area contributed by atoms with Crippen molar-refractivity contribution < 1.29 is 17.7 Å². The molecule has 3 rings (SSSR count). The Hall–Kier alpha value is -1.67. The number of carbonyl (C=O) groups is 1. The standard InChI is InChI=1S/C15H21N3O4S/c1-3-23(20,21)18-9-12(11-4-5-11)14(8-10(18)2)16-15(19)13-6-7-22-17-13/h3,6-7,10-12,14H,1,4-5,8-9H2,2H3,(H,16,19)/t10-,12?,14-/m1/s1. The second kappa shape index (κ2) is 6.09. The van der Waals surface area contributed by atoms with E-state index in [0.717, 1.165) is 18.2 Å². The second-order valence-corrected chi connectivity index (χ2v) is 8.16. The van der Waals surface area contributed by atoms with Crippen LogP contribution in [-0.2, 0) is 10.0 Å².